The molecule has 0 aromatic heterocycles. The van der Waals surface area contributed by atoms with E-state index in [4.69, 9.17) is 5.11 Å². The zero-order valence-electron chi connectivity index (χ0n) is 4.63. The summed E-state index contributed by atoms with van der Waals surface area (Å²) in [6.07, 6.45) is 0. The highest BCUT2D eigenvalue weighted by atomic mass is 32.1. The fraction of sp³-hybridized carbons (Fsp3) is 1.00. The first-order chi connectivity index (χ1) is 3.18. The molecule has 0 aliphatic carbocycles. The first-order valence-electron chi connectivity index (χ1n) is 2.17. The van der Waals surface area contributed by atoms with Crippen molar-refractivity contribution in [3.05, 3.63) is 0 Å². The molecule has 0 aromatic rings. The van der Waals surface area contributed by atoms with Gasteiger partial charge in [0.15, 0.2) is 0 Å². The minimum absolute atomic E-state index is 0.0741. The fourth-order valence-electron chi connectivity index (χ4n) is 0.118. The molecule has 7 heavy (non-hydrogen) atoms. The molecule has 1 atom stereocenters. The van der Waals surface area contributed by atoms with Gasteiger partial charge in [0.1, 0.15) is 0 Å². The van der Waals surface area contributed by atoms with Gasteiger partial charge < -0.3 is 5.11 Å². The standard InChI is InChI=1S/C4H11NOS/c1-4(7)5(2)3-6/h4,6-7H,3H2,1-2H3. The fourth-order valence-corrected chi connectivity index (χ4v) is 0.191. The molecule has 0 heterocycles. The van der Waals surface area contributed by atoms with Gasteiger partial charge in [0.2, 0.25) is 0 Å². The number of nitrogens with zero attached hydrogens (tertiary/aromatic N) is 1. The Bertz CT molecular complexity index is 49.0. The number of aliphatic hydroxyl groups excluding tert-OH is 1. The second-order valence-corrected chi connectivity index (χ2v) is 2.28. The van der Waals surface area contributed by atoms with Crippen molar-refractivity contribution in [3.63, 3.8) is 0 Å². The molecule has 0 saturated heterocycles. The third-order valence-corrected chi connectivity index (χ3v) is 1.26. The summed E-state index contributed by atoms with van der Waals surface area (Å²) in [5.41, 5.74) is 0. The van der Waals surface area contributed by atoms with Crippen LogP contribution in [0.3, 0.4) is 0 Å². The van der Waals surface area contributed by atoms with Gasteiger partial charge in [0, 0.05) is 0 Å². The van der Waals surface area contributed by atoms with Crippen LogP contribution >= 0.6 is 12.6 Å². The molecule has 0 bridgehead atoms. The molecule has 0 spiro atoms. The summed E-state index contributed by atoms with van der Waals surface area (Å²) in [4.78, 5) is 1.71. The van der Waals surface area contributed by atoms with Crippen molar-refractivity contribution in [3.8, 4) is 0 Å². The molecule has 3 heteroatoms. The van der Waals surface area contributed by atoms with Crippen molar-refractivity contribution in [2.45, 2.75) is 12.3 Å². The minimum Gasteiger partial charge on any atom is -0.381 e. The molecule has 0 aliphatic rings. The average molecular weight is 121 g/mol. The van der Waals surface area contributed by atoms with Crippen molar-refractivity contribution < 1.29 is 5.11 Å². The molecule has 2 nitrogen and oxygen atoms in total. The molecule has 0 amide bonds. The molecular formula is C4H11NOS. The maximum atomic E-state index is 8.38. The number of hydrogen-bond acceptors (Lipinski definition) is 3. The topological polar surface area (TPSA) is 23.5 Å². The summed E-state index contributed by atoms with van der Waals surface area (Å²) in [7, 11) is 1.80. The number of aliphatic hydroxyl groups is 1. The van der Waals surface area contributed by atoms with Crippen LogP contribution in [0.5, 0.6) is 0 Å². The number of hydrogen-bond donors (Lipinski definition) is 2. The van der Waals surface area contributed by atoms with Gasteiger partial charge in [-0.1, -0.05) is 0 Å². The Kier molecular flexibility index (Phi) is 3.42. The van der Waals surface area contributed by atoms with Gasteiger partial charge in [-0.2, -0.15) is 12.6 Å². The maximum Gasteiger partial charge on any atom is 0.0962 e. The third-order valence-electron chi connectivity index (χ3n) is 0.861. The molecule has 0 saturated carbocycles. The third kappa shape index (κ3) is 2.91. The predicted octanol–water partition coefficient (Wildman–Crippen LogP) is 0.144. The molecule has 0 radical (unpaired) electrons. The van der Waals surface area contributed by atoms with Crippen molar-refractivity contribution in [1.29, 1.82) is 0 Å². The second kappa shape index (κ2) is 3.29. The van der Waals surface area contributed by atoms with Crippen molar-refractivity contribution in [2.75, 3.05) is 13.8 Å². The second-order valence-electron chi connectivity index (χ2n) is 1.53. The summed E-state index contributed by atoms with van der Waals surface area (Å²) >= 11 is 4.04. The summed E-state index contributed by atoms with van der Waals surface area (Å²) in [6.45, 7) is 1.98. The molecule has 0 aliphatic heterocycles. The Morgan fingerprint density at radius 3 is 2.29 bits per heavy atom. The lowest BCUT2D eigenvalue weighted by molar-refractivity contribution is 0.129. The Hall–Kier alpha value is 0.270. The molecular weight excluding hydrogens is 110 g/mol. The quantitative estimate of drug-likeness (QED) is 0.401. The zero-order valence-corrected chi connectivity index (χ0v) is 5.52. The van der Waals surface area contributed by atoms with Crippen LogP contribution in [0.15, 0.2) is 0 Å². The van der Waals surface area contributed by atoms with Crippen LogP contribution in [-0.4, -0.2) is 29.2 Å². The Labute approximate surface area is 49.5 Å². The first kappa shape index (κ1) is 7.27. The van der Waals surface area contributed by atoms with E-state index in [1.54, 1.807) is 11.9 Å². The largest absolute Gasteiger partial charge is 0.381 e. The lowest BCUT2D eigenvalue weighted by Crippen LogP contribution is -2.24. The predicted molar refractivity (Wildman–Crippen MR) is 33.3 cm³/mol. The highest BCUT2D eigenvalue weighted by molar-refractivity contribution is 7.80. The maximum absolute atomic E-state index is 8.38. The van der Waals surface area contributed by atoms with Gasteiger partial charge in [0.25, 0.3) is 0 Å². The van der Waals surface area contributed by atoms with Gasteiger partial charge in [-0.3, -0.25) is 4.90 Å². The molecule has 0 rings (SSSR count). The van der Waals surface area contributed by atoms with E-state index in [-0.39, 0.29) is 12.1 Å². The SMILES string of the molecule is CC(S)N(C)CO. The van der Waals surface area contributed by atoms with Gasteiger partial charge in [-0.25, -0.2) is 0 Å². The monoisotopic (exact) mass is 121 g/mol. The van der Waals surface area contributed by atoms with E-state index in [1.807, 2.05) is 6.92 Å². The summed E-state index contributed by atoms with van der Waals surface area (Å²) < 4.78 is 0. The van der Waals surface area contributed by atoms with Gasteiger partial charge >= 0.3 is 0 Å². The summed E-state index contributed by atoms with van der Waals surface area (Å²) in [6, 6.07) is 0. The van der Waals surface area contributed by atoms with Crippen molar-refractivity contribution >= 4 is 12.6 Å². The molecule has 1 unspecified atom stereocenters. The molecule has 1 N–H and O–H groups in total. The Morgan fingerprint density at radius 1 is 1.86 bits per heavy atom. The van der Waals surface area contributed by atoms with E-state index in [1.165, 1.54) is 0 Å². The van der Waals surface area contributed by atoms with Gasteiger partial charge in [-0.05, 0) is 14.0 Å². The lowest BCUT2D eigenvalue weighted by Gasteiger charge is -2.15. The van der Waals surface area contributed by atoms with Crippen molar-refractivity contribution in [1.82, 2.24) is 4.90 Å². The Morgan fingerprint density at radius 2 is 2.29 bits per heavy atom. The van der Waals surface area contributed by atoms with Crippen LogP contribution in [0.25, 0.3) is 0 Å². The Balaban J connectivity index is 3.14. The van der Waals surface area contributed by atoms with Crippen LogP contribution in [0.4, 0.5) is 0 Å². The van der Waals surface area contributed by atoms with Gasteiger partial charge in [0.05, 0.1) is 12.1 Å². The zero-order chi connectivity index (χ0) is 5.86. The average Bonchev–Trinajstić information content (AvgIpc) is 1.65. The summed E-state index contributed by atoms with van der Waals surface area (Å²) in [5, 5.41) is 8.53. The lowest BCUT2D eigenvalue weighted by atomic mass is 10.7. The van der Waals surface area contributed by atoms with E-state index in [0.29, 0.717) is 0 Å². The van der Waals surface area contributed by atoms with Crippen LogP contribution in [0, 0.1) is 0 Å². The summed E-state index contributed by atoms with van der Waals surface area (Å²) in [5.74, 6) is 0. The molecule has 0 aromatic carbocycles. The number of thiol groups is 1. The highest BCUT2D eigenvalue weighted by Gasteiger charge is 1.97. The highest BCUT2D eigenvalue weighted by Crippen LogP contribution is 1.95. The number of rotatable bonds is 2. The van der Waals surface area contributed by atoms with Crippen LogP contribution in [-0.2, 0) is 0 Å². The molecule has 0 fully saturated rings. The molecule has 44 valence electrons. The normalized spacial score (nSPS) is 15.0. The van der Waals surface area contributed by atoms with Crippen LogP contribution < -0.4 is 0 Å². The smallest absolute Gasteiger partial charge is 0.0962 e. The van der Waals surface area contributed by atoms with Crippen molar-refractivity contribution in [2.24, 2.45) is 0 Å². The van der Waals surface area contributed by atoms with E-state index >= 15 is 0 Å². The van der Waals surface area contributed by atoms with E-state index in [2.05, 4.69) is 12.6 Å². The van der Waals surface area contributed by atoms with Crippen LogP contribution in [0.1, 0.15) is 6.92 Å². The van der Waals surface area contributed by atoms with Crippen LogP contribution in [0.2, 0.25) is 0 Å². The van der Waals surface area contributed by atoms with E-state index in [0.717, 1.165) is 0 Å². The minimum atomic E-state index is 0.0741. The van der Waals surface area contributed by atoms with E-state index < -0.39 is 0 Å². The van der Waals surface area contributed by atoms with E-state index in [9.17, 15) is 0 Å². The van der Waals surface area contributed by atoms with Gasteiger partial charge in [-0.15, -0.1) is 0 Å². The first-order valence-corrected chi connectivity index (χ1v) is 2.69.